The SMILES string of the molecule is CC(C)(O)CNS(=O)(=O)c1ccc(Cl)c(C(F)(F)F)c1. The molecule has 0 aromatic heterocycles. The summed E-state index contributed by atoms with van der Waals surface area (Å²) in [5.41, 5.74) is -2.56. The number of sulfonamides is 1. The highest BCUT2D eigenvalue weighted by Crippen LogP contribution is 2.35. The number of aliphatic hydroxyl groups is 1. The van der Waals surface area contributed by atoms with Crippen molar-refractivity contribution in [3.05, 3.63) is 28.8 Å². The second kappa shape index (κ2) is 5.51. The highest BCUT2D eigenvalue weighted by Gasteiger charge is 2.34. The van der Waals surface area contributed by atoms with Crippen LogP contribution in [-0.2, 0) is 16.2 Å². The standard InChI is InChI=1S/C11H13ClF3NO3S/c1-10(2,17)6-16-20(18,19)7-3-4-9(12)8(5-7)11(13,14)15/h3-5,16-17H,6H2,1-2H3. The minimum Gasteiger partial charge on any atom is -0.389 e. The number of hydrogen-bond donors (Lipinski definition) is 2. The predicted molar refractivity (Wildman–Crippen MR) is 67.9 cm³/mol. The number of nitrogens with one attached hydrogen (secondary N) is 1. The fourth-order valence-corrected chi connectivity index (χ4v) is 2.70. The first-order valence-electron chi connectivity index (χ1n) is 5.42. The van der Waals surface area contributed by atoms with Gasteiger partial charge in [-0.3, -0.25) is 0 Å². The van der Waals surface area contributed by atoms with Crippen molar-refractivity contribution in [1.82, 2.24) is 4.72 Å². The van der Waals surface area contributed by atoms with E-state index in [1.165, 1.54) is 13.8 Å². The van der Waals surface area contributed by atoms with E-state index >= 15 is 0 Å². The second-order valence-corrected chi connectivity index (χ2v) is 6.95. The number of halogens is 4. The smallest absolute Gasteiger partial charge is 0.389 e. The molecular weight excluding hydrogens is 319 g/mol. The first-order valence-corrected chi connectivity index (χ1v) is 7.28. The van der Waals surface area contributed by atoms with E-state index in [9.17, 15) is 26.7 Å². The molecule has 0 aliphatic carbocycles. The monoisotopic (exact) mass is 331 g/mol. The first kappa shape index (κ1) is 17.2. The Labute approximate surface area is 119 Å². The molecular formula is C11H13ClF3NO3S. The van der Waals surface area contributed by atoms with Gasteiger partial charge in [0, 0.05) is 6.54 Å². The van der Waals surface area contributed by atoms with Gasteiger partial charge >= 0.3 is 6.18 Å². The molecule has 0 bridgehead atoms. The third-order valence-corrected chi connectivity index (χ3v) is 3.98. The van der Waals surface area contributed by atoms with Crippen molar-refractivity contribution in [2.24, 2.45) is 0 Å². The molecule has 0 amide bonds. The van der Waals surface area contributed by atoms with Gasteiger partial charge in [-0.2, -0.15) is 13.2 Å². The van der Waals surface area contributed by atoms with Crippen molar-refractivity contribution in [2.45, 2.75) is 30.5 Å². The Morgan fingerprint density at radius 1 is 1.30 bits per heavy atom. The third-order valence-electron chi connectivity index (χ3n) is 2.25. The Kier molecular flexibility index (Phi) is 4.75. The van der Waals surface area contributed by atoms with Crippen LogP contribution in [0.25, 0.3) is 0 Å². The highest BCUT2D eigenvalue weighted by molar-refractivity contribution is 7.89. The van der Waals surface area contributed by atoms with Crippen LogP contribution in [0.2, 0.25) is 5.02 Å². The lowest BCUT2D eigenvalue weighted by molar-refractivity contribution is -0.137. The van der Waals surface area contributed by atoms with E-state index in [4.69, 9.17) is 11.6 Å². The molecule has 0 unspecified atom stereocenters. The fraction of sp³-hybridized carbons (Fsp3) is 0.455. The summed E-state index contributed by atoms with van der Waals surface area (Å²) in [7, 11) is -4.16. The van der Waals surface area contributed by atoms with Crippen LogP contribution in [0.4, 0.5) is 13.2 Å². The minimum atomic E-state index is -4.75. The molecule has 9 heteroatoms. The molecule has 1 aromatic rings. The van der Waals surface area contributed by atoms with Crippen molar-refractivity contribution < 1.29 is 26.7 Å². The minimum absolute atomic E-state index is 0.334. The Morgan fingerprint density at radius 3 is 2.30 bits per heavy atom. The molecule has 1 rings (SSSR count). The Morgan fingerprint density at radius 2 is 1.85 bits per heavy atom. The van der Waals surface area contributed by atoms with Gasteiger partial charge in [-0.25, -0.2) is 13.1 Å². The van der Waals surface area contributed by atoms with Crippen molar-refractivity contribution in [1.29, 1.82) is 0 Å². The molecule has 20 heavy (non-hydrogen) atoms. The maximum Gasteiger partial charge on any atom is 0.417 e. The van der Waals surface area contributed by atoms with Crippen LogP contribution in [0.5, 0.6) is 0 Å². The lowest BCUT2D eigenvalue weighted by Gasteiger charge is -2.18. The van der Waals surface area contributed by atoms with Gasteiger partial charge in [0.25, 0.3) is 0 Å². The third kappa shape index (κ3) is 4.62. The van der Waals surface area contributed by atoms with E-state index in [1.54, 1.807) is 0 Å². The number of rotatable bonds is 4. The average molecular weight is 332 g/mol. The average Bonchev–Trinajstić information content (AvgIpc) is 2.24. The molecule has 1 aromatic carbocycles. The Balaban J connectivity index is 3.15. The molecule has 0 fully saturated rings. The van der Waals surface area contributed by atoms with E-state index in [-0.39, 0.29) is 6.54 Å². The van der Waals surface area contributed by atoms with E-state index in [1.807, 2.05) is 4.72 Å². The summed E-state index contributed by atoms with van der Waals surface area (Å²) < 4.78 is 63.7. The fourth-order valence-electron chi connectivity index (χ4n) is 1.24. The number of alkyl halides is 3. The van der Waals surface area contributed by atoms with Crippen molar-refractivity contribution >= 4 is 21.6 Å². The summed E-state index contributed by atoms with van der Waals surface area (Å²) in [6.07, 6.45) is -4.75. The van der Waals surface area contributed by atoms with E-state index in [0.717, 1.165) is 12.1 Å². The van der Waals surface area contributed by atoms with Gasteiger partial charge in [-0.1, -0.05) is 11.6 Å². The summed E-state index contributed by atoms with van der Waals surface area (Å²) in [4.78, 5) is -0.571. The molecule has 0 saturated carbocycles. The molecule has 0 saturated heterocycles. The lowest BCUT2D eigenvalue weighted by Crippen LogP contribution is -2.38. The molecule has 0 heterocycles. The van der Waals surface area contributed by atoms with Crippen LogP contribution in [0.1, 0.15) is 19.4 Å². The Hall–Kier alpha value is -0.830. The summed E-state index contributed by atoms with van der Waals surface area (Å²) in [6.45, 7) is 2.39. The zero-order valence-corrected chi connectivity index (χ0v) is 12.2. The molecule has 0 aliphatic rings. The Bertz CT molecular complexity index is 594. The van der Waals surface area contributed by atoms with Crippen molar-refractivity contribution in [3.63, 3.8) is 0 Å². The first-order chi connectivity index (χ1) is 8.83. The van der Waals surface area contributed by atoms with Gasteiger partial charge < -0.3 is 5.11 Å². The van der Waals surface area contributed by atoms with Gasteiger partial charge in [0.05, 0.1) is 21.1 Å². The van der Waals surface area contributed by atoms with Crippen LogP contribution in [0, 0.1) is 0 Å². The van der Waals surface area contributed by atoms with Crippen LogP contribution in [0.3, 0.4) is 0 Å². The molecule has 0 aliphatic heterocycles. The summed E-state index contributed by atoms with van der Waals surface area (Å²) in [6, 6.07) is 2.28. The zero-order chi connectivity index (χ0) is 15.8. The number of hydrogen-bond acceptors (Lipinski definition) is 3. The van der Waals surface area contributed by atoms with Crippen LogP contribution in [-0.4, -0.2) is 25.7 Å². The summed E-state index contributed by atoms with van der Waals surface area (Å²) >= 11 is 5.41. The maximum atomic E-state index is 12.7. The van der Waals surface area contributed by atoms with Gasteiger partial charge in [-0.05, 0) is 32.0 Å². The van der Waals surface area contributed by atoms with Gasteiger partial charge in [0.1, 0.15) is 0 Å². The van der Waals surface area contributed by atoms with Gasteiger partial charge in [0.15, 0.2) is 0 Å². The van der Waals surface area contributed by atoms with E-state index < -0.39 is 37.3 Å². The van der Waals surface area contributed by atoms with Crippen LogP contribution >= 0.6 is 11.6 Å². The maximum absolute atomic E-state index is 12.7. The largest absolute Gasteiger partial charge is 0.417 e. The van der Waals surface area contributed by atoms with Crippen molar-refractivity contribution in [3.8, 4) is 0 Å². The topological polar surface area (TPSA) is 66.4 Å². The second-order valence-electron chi connectivity index (χ2n) is 4.78. The molecule has 0 spiro atoms. The summed E-state index contributed by atoms with van der Waals surface area (Å²) in [5.74, 6) is 0. The van der Waals surface area contributed by atoms with Gasteiger partial charge in [-0.15, -0.1) is 0 Å². The zero-order valence-electron chi connectivity index (χ0n) is 10.6. The summed E-state index contributed by atoms with van der Waals surface area (Å²) in [5, 5.41) is 8.84. The van der Waals surface area contributed by atoms with Crippen LogP contribution < -0.4 is 4.72 Å². The molecule has 0 atom stereocenters. The normalized spacial score (nSPS) is 13.6. The quantitative estimate of drug-likeness (QED) is 0.890. The molecule has 2 N–H and O–H groups in total. The lowest BCUT2D eigenvalue weighted by atomic mass is 10.1. The van der Waals surface area contributed by atoms with Crippen molar-refractivity contribution in [2.75, 3.05) is 6.54 Å². The molecule has 0 radical (unpaired) electrons. The number of benzene rings is 1. The van der Waals surface area contributed by atoms with E-state index in [0.29, 0.717) is 6.07 Å². The highest BCUT2D eigenvalue weighted by atomic mass is 35.5. The van der Waals surface area contributed by atoms with E-state index in [2.05, 4.69) is 0 Å². The molecule has 114 valence electrons. The predicted octanol–water partition coefficient (Wildman–Crippen LogP) is 2.41. The van der Waals surface area contributed by atoms with Crippen LogP contribution in [0.15, 0.2) is 23.1 Å². The molecule has 4 nitrogen and oxygen atoms in total. The van der Waals surface area contributed by atoms with Gasteiger partial charge in [0.2, 0.25) is 10.0 Å².